The monoisotopic (exact) mass is 442 g/mol. The van der Waals surface area contributed by atoms with Gasteiger partial charge in [0.25, 0.3) is 0 Å². The van der Waals surface area contributed by atoms with Crippen molar-refractivity contribution in [3.05, 3.63) is 57.5 Å². The van der Waals surface area contributed by atoms with Gasteiger partial charge in [-0.25, -0.2) is 0 Å². The Bertz CT molecular complexity index is 864. The Morgan fingerprint density at radius 1 is 1.44 bits per heavy atom. The lowest BCUT2D eigenvalue weighted by Gasteiger charge is -2.28. The number of hydrogen-bond acceptors (Lipinski definition) is 6. The van der Waals surface area contributed by atoms with Crippen LogP contribution in [0, 0.1) is 10.1 Å². The number of likely N-dealkylation sites (tertiary alicyclic amines) is 1. The van der Waals surface area contributed by atoms with E-state index in [4.69, 9.17) is 0 Å². The third kappa shape index (κ3) is 7.83. The topological polar surface area (TPSA) is 122 Å². The molecule has 2 amide bonds. The number of rotatable bonds is 8. The molecule has 3 unspecified atom stereocenters. The fraction of sp³-hybridized carbons (Fsp3) is 0.500. The maximum Gasteiger partial charge on any atom is 0.250 e. The highest BCUT2D eigenvalue weighted by molar-refractivity contribution is 6.14. The minimum atomic E-state index is -0.447. The number of allylic oxidation sites excluding steroid dienone is 5. The molecule has 0 aromatic heterocycles. The normalized spacial score (nSPS) is 23.8. The Kier molecular flexibility index (Phi) is 9.43. The zero-order valence-electron chi connectivity index (χ0n) is 18.9. The van der Waals surface area contributed by atoms with E-state index in [2.05, 4.69) is 10.6 Å². The number of nitrogens with one attached hydrogen (secondary N) is 2. The number of nitro groups is 1. The molecular weight excluding hydrogens is 411 g/mol. The molecule has 1 fully saturated rings. The van der Waals surface area contributed by atoms with E-state index in [1.807, 2.05) is 6.92 Å². The van der Waals surface area contributed by atoms with E-state index in [9.17, 15) is 24.5 Å². The molecule has 9 nitrogen and oxygen atoms in total. The predicted molar refractivity (Wildman–Crippen MR) is 124 cm³/mol. The van der Waals surface area contributed by atoms with E-state index < -0.39 is 4.92 Å². The van der Waals surface area contributed by atoms with Crippen LogP contribution in [-0.2, 0) is 14.4 Å². The Morgan fingerprint density at radius 3 is 2.84 bits per heavy atom. The van der Waals surface area contributed by atoms with Gasteiger partial charge in [-0.1, -0.05) is 12.2 Å². The van der Waals surface area contributed by atoms with Gasteiger partial charge in [-0.3, -0.25) is 24.5 Å². The first kappa shape index (κ1) is 25.1. The number of amides is 2. The molecular formula is C22H31BN4O5. The maximum absolute atomic E-state index is 13.0. The van der Waals surface area contributed by atoms with Crippen LogP contribution in [0.3, 0.4) is 0 Å². The van der Waals surface area contributed by atoms with E-state index in [-0.39, 0.29) is 35.4 Å². The lowest BCUT2D eigenvalue weighted by Crippen LogP contribution is -2.44. The molecule has 172 valence electrons. The molecule has 0 spiro atoms. The van der Waals surface area contributed by atoms with Gasteiger partial charge in [0.2, 0.25) is 17.5 Å². The molecule has 10 heteroatoms. The van der Waals surface area contributed by atoms with Crippen LogP contribution in [0.4, 0.5) is 0 Å². The second-order valence-electron chi connectivity index (χ2n) is 8.44. The summed E-state index contributed by atoms with van der Waals surface area (Å²) in [6.45, 7) is 4.42. The molecule has 0 aliphatic carbocycles. The molecule has 2 rings (SSSR count). The van der Waals surface area contributed by atoms with Crippen molar-refractivity contribution in [3.63, 3.8) is 0 Å². The first-order chi connectivity index (χ1) is 15.2. The van der Waals surface area contributed by atoms with Crippen molar-refractivity contribution >= 4 is 25.9 Å². The molecule has 0 saturated carbocycles. The highest BCUT2D eigenvalue weighted by Crippen LogP contribution is 2.18. The van der Waals surface area contributed by atoms with Gasteiger partial charge >= 0.3 is 0 Å². The summed E-state index contributed by atoms with van der Waals surface area (Å²) >= 11 is 0. The summed E-state index contributed by atoms with van der Waals surface area (Å²) in [5, 5.41) is 16.7. The van der Waals surface area contributed by atoms with Crippen LogP contribution in [0.2, 0.25) is 5.82 Å². The van der Waals surface area contributed by atoms with Crippen molar-refractivity contribution in [1.82, 2.24) is 15.5 Å². The fourth-order valence-electron chi connectivity index (χ4n) is 3.79. The zero-order valence-corrected chi connectivity index (χ0v) is 18.9. The third-order valence-electron chi connectivity index (χ3n) is 5.46. The fourth-order valence-corrected chi connectivity index (χ4v) is 3.79. The Balaban J connectivity index is 2.02. The molecule has 0 aromatic carbocycles. The van der Waals surface area contributed by atoms with Crippen molar-refractivity contribution in [2.75, 3.05) is 13.1 Å². The summed E-state index contributed by atoms with van der Waals surface area (Å²) < 4.78 is 0. The summed E-state index contributed by atoms with van der Waals surface area (Å²) in [4.78, 5) is 48.2. The lowest BCUT2D eigenvalue weighted by atomic mass is 9.86. The maximum atomic E-state index is 13.0. The average Bonchev–Trinajstić information content (AvgIpc) is 2.98. The zero-order chi connectivity index (χ0) is 23.7. The Labute approximate surface area is 189 Å². The van der Waals surface area contributed by atoms with Gasteiger partial charge in [-0.2, -0.15) is 0 Å². The van der Waals surface area contributed by atoms with Gasteiger partial charge in [0.1, 0.15) is 7.85 Å². The van der Waals surface area contributed by atoms with Crippen molar-refractivity contribution in [1.29, 1.82) is 0 Å². The van der Waals surface area contributed by atoms with Gasteiger partial charge in [0.15, 0.2) is 6.29 Å². The van der Waals surface area contributed by atoms with Crippen LogP contribution in [0.15, 0.2) is 47.3 Å². The number of carbonyl (C=O) groups excluding carboxylic acids is 3. The quantitative estimate of drug-likeness (QED) is 0.145. The summed E-state index contributed by atoms with van der Waals surface area (Å²) in [6.07, 6.45) is 11.8. The van der Waals surface area contributed by atoms with E-state index in [0.29, 0.717) is 36.9 Å². The van der Waals surface area contributed by atoms with Crippen molar-refractivity contribution in [2.45, 2.75) is 57.4 Å². The van der Waals surface area contributed by atoms with Gasteiger partial charge in [0.05, 0.1) is 4.92 Å². The van der Waals surface area contributed by atoms with Crippen molar-refractivity contribution in [2.24, 2.45) is 0 Å². The molecule has 0 bridgehead atoms. The van der Waals surface area contributed by atoms with E-state index >= 15 is 0 Å². The van der Waals surface area contributed by atoms with Crippen molar-refractivity contribution in [3.8, 4) is 0 Å². The standard InChI is InChI=1S/C22H31BN4O5/c1-15-9-18(11-21(29)25-15)22(30)26-8-4-3-5-20(13-26)24-12-17(14-28)6-7-19(23)10-16(2)27(31)32/h6-7,10-12,14-15,19-20,24H,3-5,8-9,13,23H2,1-2H3,(H,25,29)/b7-6?,16-10+,17-12-. The molecule has 2 N–H and O–H groups in total. The largest absolute Gasteiger partial charge is 0.386 e. The van der Waals surface area contributed by atoms with E-state index in [1.54, 1.807) is 31.1 Å². The molecule has 1 saturated heterocycles. The lowest BCUT2D eigenvalue weighted by molar-refractivity contribution is -0.424. The second-order valence-corrected chi connectivity index (χ2v) is 8.44. The molecule has 0 aromatic rings. The van der Waals surface area contributed by atoms with E-state index in [1.165, 1.54) is 19.1 Å². The van der Waals surface area contributed by atoms with Gasteiger partial charge in [0, 0.05) is 55.5 Å². The first-order valence-electron chi connectivity index (χ1n) is 10.9. The molecule has 2 heterocycles. The first-order valence-corrected chi connectivity index (χ1v) is 10.9. The third-order valence-corrected chi connectivity index (χ3v) is 5.46. The Hall–Kier alpha value is -3.17. The van der Waals surface area contributed by atoms with Crippen LogP contribution in [-0.4, -0.2) is 60.9 Å². The van der Waals surface area contributed by atoms with E-state index in [0.717, 1.165) is 19.3 Å². The number of aldehydes is 1. The highest BCUT2D eigenvalue weighted by Gasteiger charge is 2.27. The number of carbonyl (C=O) groups is 3. The number of hydrogen-bond donors (Lipinski definition) is 2. The molecule has 2 aliphatic heterocycles. The second kappa shape index (κ2) is 12.0. The SMILES string of the molecule is BC(C=C/C(C=O)=C/NC1CCCCN(C(=O)C2=CC(=O)NC(C)C2)C1)/C=C(\C)[N+](=O)[O-]. The number of nitrogens with zero attached hydrogens (tertiary/aromatic N) is 2. The molecule has 3 atom stereocenters. The van der Waals surface area contributed by atoms with Gasteiger partial charge < -0.3 is 15.5 Å². The molecule has 0 radical (unpaired) electrons. The average molecular weight is 442 g/mol. The summed E-state index contributed by atoms with van der Waals surface area (Å²) in [7, 11) is 1.80. The van der Waals surface area contributed by atoms with Crippen LogP contribution < -0.4 is 10.6 Å². The predicted octanol–water partition coefficient (Wildman–Crippen LogP) is 1.03. The van der Waals surface area contributed by atoms with Crippen LogP contribution in [0.1, 0.15) is 39.5 Å². The van der Waals surface area contributed by atoms with Gasteiger partial charge in [-0.15, -0.1) is 0 Å². The van der Waals surface area contributed by atoms with Gasteiger partial charge in [-0.05, 0) is 44.5 Å². The van der Waals surface area contributed by atoms with Crippen molar-refractivity contribution < 1.29 is 19.3 Å². The summed E-state index contributed by atoms with van der Waals surface area (Å²) in [5.74, 6) is -0.542. The molecule has 2 aliphatic rings. The molecule has 32 heavy (non-hydrogen) atoms. The summed E-state index contributed by atoms with van der Waals surface area (Å²) in [6, 6.07) is -0.0853. The minimum Gasteiger partial charge on any atom is -0.386 e. The smallest absolute Gasteiger partial charge is 0.250 e. The van der Waals surface area contributed by atoms with Crippen LogP contribution in [0.5, 0.6) is 0 Å². The Morgan fingerprint density at radius 2 is 2.19 bits per heavy atom. The van der Waals surface area contributed by atoms with Crippen LogP contribution >= 0.6 is 0 Å². The van der Waals surface area contributed by atoms with Crippen LogP contribution in [0.25, 0.3) is 0 Å². The summed E-state index contributed by atoms with van der Waals surface area (Å²) in [5.41, 5.74) is 0.993. The highest BCUT2D eigenvalue weighted by atomic mass is 16.6. The minimum absolute atomic E-state index is 0.0192.